The molecule has 0 atom stereocenters. The van der Waals surface area contributed by atoms with Crippen molar-refractivity contribution in [3.8, 4) is 5.75 Å². The zero-order valence-corrected chi connectivity index (χ0v) is 15.8. The quantitative estimate of drug-likeness (QED) is 0.758. The minimum atomic E-state index is -3.47. The minimum Gasteiger partial charge on any atom is -0.484 e. The van der Waals surface area contributed by atoms with Crippen LogP contribution in [0.5, 0.6) is 5.75 Å². The van der Waals surface area contributed by atoms with Crippen LogP contribution in [0, 0.1) is 5.82 Å². The SMILES string of the molecule is CN(C(=O)COc1ccc(S(=O)(=O)N2CCCC2)cc1)c1ccc(F)cc1. The zero-order chi connectivity index (χ0) is 19.4. The molecule has 1 heterocycles. The summed E-state index contributed by atoms with van der Waals surface area (Å²) in [5.41, 5.74) is 0.553. The Morgan fingerprint density at radius 3 is 2.26 bits per heavy atom. The molecule has 2 aromatic carbocycles. The van der Waals surface area contributed by atoms with Crippen molar-refractivity contribution >= 4 is 21.6 Å². The molecule has 27 heavy (non-hydrogen) atoms. The minimum absolute atomic E-state index is 0.214. The van der Waals surface area contributed by atoms with Gasteiger partial charge in [0.2, 0.25) is 10.0 Å². The molecule has 0 radical (unpaired) electrons. The third-order valence-corrected chi connectivity index (χ3v) is 6.39. The van der Waals surface area contributed by atoms with E-state index < -0.39 is 10.0 Å². The molecule has 8 heteroatoms. The van der Waals surface area contributed by atoms with E-state index in [1.165, 1.54) is 57.7 Å². The smallest absolute Gasteiger partial charge is 0.264 e. The van der Waals surface area contributed by atoms with Crippen LogP contribution in [0.2, 0.25) is 0 Å². The second-order valence-electron chi connectivity index (χ2n) is 6.30. The van der Waals surface area contributed by atoms with Crippen molar-refractivity contribution in [2.45, 2.75) is 17.7 Å². The lowest BCUT2D eigenvalue weighted by Crippen LogP contribution is -2.31. The van der Waals surface area contributed by atoms with Crippen molar-refractivity contribution in [1.29, 1.82) is 0 Å². The fourth-order valence-electron chi connectivity index (χ4n) is 2.84. The van der Waals surface area contributed by atoms with Crippen LogP contribution in [0.3, 0.4) is 0 Å². The van der Waals surface area contributed by atoms with Crippen molar-refractivity contribution in [3.63, 3.8) is 0 Å². The fraction of sp³-hybridized carbons (Fsp3) is 0.316. The van der Waals surface area contributed by atoms with E-state index in [4.69, 9.17) is 4.74 Å². The zero-order valence-electron chi connectivity index (χ0n) is 15.0. The highest BCUT2D eigenvalue weighted by molar-refractivity contribution is 7.89. The summed E-state index contributed by atoms with van der Waals surface area (Å²) in [7, 11) is -1.89. The maximum Gasteiger partial charge on any atom is 0.264 e. The van der Waals surface area contributed by atoms with Gasteiger partial charge in [0.1, 0.15) is 11.6 Å². The van der Waals surface area contributed by atoms with E-state index in [1.807, 2.05) is 0 Å². The Balaban J connectivity index is 1.60. The first kappa shape index (κ1) is 19.3. The van der Waals surface area contributed by atoms with Crippen LogP contribution in [0.1, 0.15) is 12.8 Å². The molecule has 1 aliphatic heterocycles. The van der Waals surface area contributed by atoms with E-state index in [0.717, 1.165) is 12.8 Å². The number of likely N-dealkylation sites (N-methyl/N-ethyl adjacent to an activating group) is 1. The van der Waals surface area contributed by atoms with E-state index >= 15 is 0 Å². The molecule has 1 saturated heterocycles. The van der Waals surface area contributed by atoms with Crippen molar-refractivity contribution in [3.05, 3.63) is 54.3 Å². The van der Waals surface area contributed by atoms with Crippen molar-refractivity contribution < 1.29 is 22.3 Å². The van der Waals surface area contributed by atoms with Crippen LogP contribution in [-0.4, -0.2) is 45.4 Å². The number of nitrogens with zero attached hydrogens (tertiary/aromatic N) is 2. The van der Waals surface area contributed by atoms with Gasteiger partial charge in [-0.2, -0.15) is 4.31 Å². The highest BCUT2D eigenvalue weighted by Crippen LogP contribution is 2.23. The number of benzene rings is 2. The lowest BCUT2D eigenvalue weighted by Gasteiger charge is -2.18. The van der Waals surface area contributed by atoms with Gasteiger partial charge < -0.3 is 9.64 Å². The molecular weight excluding hydrogens is 371 g/mol. The molecule has 6 nitrogen and oxygen atoms in total. The van der Waals surface area contributed by atoms with E-state index in [9.17, 15) is 17.6 Å². The summed E-state index contributed by atoms with van der Waals surface area (Å²) in [6, 6.07) is 11.6. The van der Waals surface area contributed by atoms with Gasteiger partial charge in [0.15, 0.2) is 6.61 Å². The Morgan fingerprint density at radius 1 is 1.07 bits per heavy atom. The van der Waals surface area contributed by atoms with E-state index in [1.54, 1.807) is 7.05 Å². The van der Waals surface area contributed by atoms with E-state index in [2.05, 4.69) is 0 Å². The monoisotopic (exact) mass is 392 g/mol. The van der Waals surface area contributed by atoms with Crippen LogP contribution in [0.15, 0.2) is 53.4 Å². The maximum absolute atomic E-state index is 13.0. The molecule has 1 fully saturated rings. The number of anilines is 1. The van der Waals surface area contributed by atoms with Gasteiger partial charge in [-0.15, -0.1) is 0 Å². The molecule has 0 aromatic heterocycles. The number of hydrogen-bond donors (Lipinski definition) is 0. The molecule has 1 aliphatic rings. The highest BCUT2D eigenvalue weighted by atomic mass is 32.2. The van der Waals surface area contributed by atoms with Gasteiger partial charge in [-0.3, -0.25) is 4.79 Å². The van der Waals surface area contributed by atoms with Gasteiger partial charge in [-0.1, -0.05) is 0 Å². The predicted molar refractivity (Wildman–Crippen MR) is 99.7 cm³/mol. The standard InChI is InChI=1S/C19H21FN2O4S/c1-21(16-6-4-15(20)5-7-16)19(23)14-26-17-8-10-18(11-9-17)27(24,25)22-12-2-3-13-22/h4-11H,2-3,12-14H2,1H3. The second kappa shape index (κ2) is 8.06. The van der Waals surface area contributed by atoms with Crippen LogP contribution in [0.25, 0.3) is 0 Å². The number of carbonyl (C=O) groups excluding carboxylic acids is 1. The average Bonchev–Trinajstić information content (AvgIpc) is 3.22. The molecular formula is C19H21FN2O4S. The predicted octanol–water partition coefficient (Wildman–Crippen LogP) is 2.65. The summed E-state index contributed by atoms with van der Waals surface area (Å²) in [4.78, 5) is 13.8. The fourth-order valence-corrected chi connectivity index (χ4v) is 4.35. The normalized spacial score (nSPS) is 14.9. The molecule has 0 bridgehead atoms. The first-order chi connectivity index (χ1) is 12.9. The second-order valence-corrected chi connectivity index (χ2v) is 8.24. The number of hydrogen-bond acceptors (Lipinski definition) is 4. The van der Waals surface area contributed by atoms with Crippen LogP contribution in [-0.2, 0) is 14.8 Å². The molecule has 0 saturated carbocycles. The Hall–Kier alpha value is -2.45. The van der Waals surface area contributed by atoms with Gasteiger partial charge >= 0.3 is 0 Å². The average molecular weight is 392 g/mol. The molecule has 0 aliphatic carbocycles. The third kappa shape index (κ3) is 4.45. The van der Waals surface area contributed by atoms with Gasteiger partial charge in [0.25, 0.3) is 5.91 Å². The Morgan fingerprint density at radius 2 is 1.67 bits per heavy atom. The molecule has 0 N–H and O–H groups in total. The van der Waals surface area contributed by atoms with Crippen LogP contribution >= 0.6 is 0 Å². The summed E-state index contributed by atoms with van der Waals surface area (Å²) in [6.07, 6.45) is 1.76. The summed E-state index contributed by atoms with van der Waals surface area (Å²) >= 11 is 0. The Labute approximate surface area is 158 Å². The molecule has 1 amide bonds. The number of amides is 1. The van der Waals surface area contributed by atoms with Crippen LogP contribution < -0.4 is 9.64 Å². The number of halogens is 1. The van der Waals surface area contributed by atoms with Crippen LogP contribution in [0.4, 0.5) is 10.1 Å². The molecule has 144 valence electrons. The lowest BCUT2D eigenvalue weighted by atomic mass is 10.3. The third-order valence-electron chi connectivity index (χ3n) is 4.48. The largest absolute Gasteiger partial charge is 0.484 e. The number of carbonyl (C=O) groups is 1. The van der Waals surface area contributed by atoms with Gasteiger partial charge in [0.05, 0.1) is 4.90 Å². The topological polar surface area (TPSA) is 66.9 Å². The molecule has 0 spiro atoms. The molecule has 3 rings (SSSR count). The molecule has 2 aromatic rings. The highest BCUT2D eigenvalue weighted by Gasteiger charge is 2.27. The van der Waals surface area contributed by atoms with Crippen molar-refractivity contribution in [1.82, 2.24) is 4.31 Å². The summed E-state index contributed by atoms with van der Waals surface area (Å²) in [6.45, 7) is 0.877. The lowest BCUT2D eigenvalue weighted by molar-refractivity contribution is -0.120. The Kier molecular flexibility index (Phi) is 5.76. The van der Waals surface area contributed by atoms with Crippen molar-refractivity contribution in [2.24, 2.45) is 0 Å². The maximum atomic E-state index is 13.0. The van der Waals surface area contributed by atoms with E-state index in [0.29, 0.717) is 24.5 Å². The number of sulfonamides is 1. The van der Waals surface area contributed by atoms with Crippen molar-refractivity contribution in [2.75, 3.05) is 31.6 Å². The first-order valence-corrected chi connectivity index (χ1v) is 10.1. The number of rotatable bonds is 6. The number of ether oxygens (including phenoxy) is 1. The molecule has 0 unspecified atom stereocenters. The van der Waals surface area contributed by atoms with E-state index in [-0.39, 0.29) is 23.2 Å². The Bertz CT molecular complexity index is 892. The summed E-state index contributed by atoms with van der Waals surface area (Å²) in [5, 5.41) is 0. The summed E-state index contributed by atoms with van der Waals surface area (Å²) in [5.74, 6) is -0.286. The van der Waals surface area contributed by atoms with Gasteiger partial charge in [-0.05, 0) is 61.4 Å². The van der Waals surface area contributed by atoms with Gasteiger partial charge in [0, 0.05) is 25.8 Å². The summed E-state index contributed by atoms with van der Waals surface area (Å²) < 4.78 is 44.9. The van der Waals surface area contributed by atoms with Gasteiger partial charge in [-0.25, -0.2) is 12.8 Å². The first-order valence-electron chi connectivity index (χ1n) is 8.63.